The van der Waals surface area contributed by atoms with E-state index in [1.165, 1.54) is 121 Å². The second-order valence-electron chi connectivity index (χ2n) is 36.9. The standard InChI is InChI=1S/C32H38NO.C30H34NO.C26H26NO.3C5H8O2.3Ir/c1-20-11-21(13-24(12-20)30(2,3)4)27-16-23-17-28(34-29(23)19-33-27)22-14-25(31(5,6)7)18-26(15-22)32(8,9)10;1-18-10-21(14-23(11-18)29(4,5)6)25-15-22-16-26(32-27(22)17-31-25)28-19(2)12-24(13-20(28)3)30(7,8)9;1-16-7-17(2)10-20(9-16)24-14-21-13-23(27-15-25(21)28-24)19-8-18(3)11-22(12-19)26(4,5)6;3*1-4(6)3-5(2)7;;;/h12-19H,1-10H3;11-17H,1-9H3;7,9-15H,1-6H3;3*3,6H,1-2H3;;;/q3*-1;;;;;;. The summed E-state index contributed by atoms with van der Waals surface area (Å²) in [6, 6.07) is 54.4. The Morgan fingerprint density at radius 2 is 0.559 bits per heavy atom. The summed E-state index contributed by atoms with van der Waals surface area (Å²) in [4.78, 5) is 44.2. The number of nitrogens with zero attached hydrogens (tertiary/aromatic N) is 3. The summed E-state index contributed by atoms with van der Waals surface area (Å²) in [7, 11) is 0. The van der Waals surface area contributed by atoms with Crippen molar-refractivity contribution in [2.45, 2.75) is 247 Å². The van der Waals surface area contributed by atoms with Gasteiger partial charge in [-0.25, -0.2) is 0 Å². The zero-order valence-electron chi connectivity index (χ0n) is 75.1. The van der Waals surface area contributed by atoms with Crippen molar-refractivity contribution in [1.82, 2.24) is 15.0 Å². The predicted molar refractivity (Wildman–Crippen MR) is 478 cm³/mol. The van der Waals surface area contributed by atoms with Gasteiger partial charge in [0.1, 0.15) is 17.3 Å². The van der Waals surface area contributed by atoms with Crippen molar-refractivity contribution in [2.24, 2.45) is 0 Å². The van der Waals surface area contributed by atoms with Crippen molar-refractivity contribution in [1.29, 1.82) is 0 Å². The minimum atomic E-state index is -0.125. The van der Waals surface area contributed by atoms with Crippen LogP contribution in [-0.4, -0.2) is 47.6 Å². The molecular weight excluding hydrogens is 2000 g/mol. The first kappa shape index (κ1) is 101. The first-order valence-corrected chi connectivity index (χ1v) is 39.3. The molecule has 633 valence electrons. The van der Waals surface area contributed by atoms with Crippen molar-refractivity contribution in [3.8, 4) is 67.7 Å². The molecule has 6 aromatic heterocycles. The van der Waals surface area contributed by atoms with E-state index in [0.717, 1.165) is 112 Å². The van der Waals surface area contributed by atoms with Gasteiger partial charge >= 0.3 is 0 Å². The van der Waals surface area contributed by atoms with Gasteiger partial charge in [0, 0.05) is 111 Å². The van der Waals surface area contributed by atoms with E-state index in [1.807, 2.05) is 18.6 Å². The fraction of sp³-hybridized carbons (Fsp3) is 0.359. The summed E-state index contributed by atoms with van der Waals surface area (Å²) < 4.78 is 18.7. The molecule has 6 heterocycles. The molecule has 12 aromatic rings. The fourth-order valence-electron chi connectivity index (χ4n) is 13.0. The van der Waals surface area contributed by atoms with Gasteiger partial charge in [-0.15, -0.1) is 105 Å². The third-order valence-electron chi connectivity index (χ3n) is 19.0. The molecule has 12 nitrogen and oxygen atoms in total. The molecule has 6 aromatic carbocycles. The van der Waals surface area contributed by atoms with E-state index in [9.17, 15) is 14.4 Å². The number of ketones is 3. The minimum absolute atomic E-state index is 0. The predicted octanol–water partition coefficient (Wildman–Crippen LogP) is 27.9. The number of hydrogen-bond donors (Lipinski definition) is 3. The summed E-state index contributed by atoms with van der Waals surface area (Å²) in [5.74, 6) is 2.48. The van der Waals surface area contributed by atoms with Crippen LogP contribution in [0.15, 0.2) is 189 Å². The van der Waals surface area contributed by atoms with Crippen LogP contribution in [0.2, 0.25) is 0 Å². The number of carbonyl (C=O) groups excluding carboxylic acids is 3. The number of hydrogen-bond acceptors (Lipinski definition) is 12. The second-order valence-corrected chi connectivity index (χ2v) is 36.9. The maximum absolute atomic E-state index is 10.0. The Kier molecular flexibility index (Phi) is 35.5. The summed E-state index contributed by atoms with van der Waals surface area (Å²) in [5.41, 5.74) is 28.4. The van der Waals surface area contributed by atoms with Crippen LogP contribution in [0.25, 0.3) is 101 Å². The van der Waals surface area contributed by atoms with E-state index in [1.54, 1.807) is 0 Å². The topological polar surface area (TPSA) is 190 Å². The van der Waals surface area contributed by atoms with Crippen LogP contribution in [0.3, 0.4) is 0 Å². The number of fused-ring (bicyclic) bond motifs is 3. The Morgan fingerprint density at radius 1 is 0.314 bits per heavy atom. The molecule has 0 amide bonds. The van der Waals surface area contributed by atoms with Crippen molar-refractivity contribution in [2.75, 3.05) is 0 Å². The number of allylic oxidation sites excluding steroid dienone is 6. The largest absolute Gasteiger partial charge is 0.512 e. The average molecular weight is 2120 g/mol. The smallest absolute Gasteiger partial charge is 0.155 e. The molecule has 0 bridgehead atoms. The monoisotopic (exact) mass is 2120 g/mol. The van der Waals surface area contributed by atoms with Crippen LogP contribution in [0, 0.1) is 66.7 Å². The van der Waals surface area contributed by atoms with Crippen LogP contribution in [0.1, 0.15) is 238 Å². The Labute approximate surface area is 743 Å². The molecule has 0 atom stereocenters. The molecule has 0 fully saturated rings. The second kappa shape index (κ2) is 41.3. The van der Waals surface area contributed by atoms with Gasteiger partial charge in [-0.05, 0) is 189 Å². The Bertz CT molecular complexity index is 5480. The molecular formula is C103H122Ir3N3O9-3. The van der Waals surface area contributed by atoms with Crippen LogP contribution in [-0.2, 0) is 107 Å². The third kappa shape index (κ3) is 29.4. The summed E-state index contributed by atoms with van der Waals surface area (Å²) in [6.45, 7) is 63.8. The van der Waals surface area contributed by atoms with Gasteiger partial charge < -0.3 is 43.5 Å². The molecule has 0 unspecified atom stereocenters. The Morgan fingerprint density at radius 3 is 0.814 bits per heavy atom. The fourth-order valence-corrected chi connectivity index (χ4v) is 13.0. The summed E-state index contributed by atoms with van der Waals surface area (Å²) in [6.07, 6.45) is 9.01. The SMILES string of the molecule is CC(=O)C=C(C)O.CC(=O)C=C(C)O.CC(=O)C=C(C)O.Cc1[c-]c(-c2cc3cc(-c4c(C)cc(C(C)(C)C)cc4C)oc3cn2)cc(C(C)(C)C)c1.Cc1[c-]c(-c2cc3cc(-c4cc(C(C)(C)C)cc(C(C)(C)C)c4)oc3cn2)cc(C(C)(C)C)c1.Cc1[c-]c(-c2cc3cc(-c4cc(C)cc(C)c4)oc3cn2)cc(C(C)(C)C)c1.[Ir].[Ir].[Ir]. The number of aromatic nitrogens is 3. The maximum atomic E-state index is 10.0. The molecule has 0 saturated carbocycles. The van der Waals surface area contributed by atoms with Crippen LogP contribution < -0.4 is 0 Å². The van der Waals surface area contributed by atoms with Crippen molar-refractivity contribution >= 4 is 50.3 Å². The van der Waals surface area contributed by atoms with Crippen LogP contribution in [0.5, 0.6) is 0 Å². The third-order valence-corrected chi connectivity index (χ3v) is 19.0. The molecule has 15 heteroatoms. The molecule has 0 aliphatic carbocycles. The number of rotatable bonds is 9. The van der Waals surface area contributed by atoms with E-state index in [4.69, 9.17) is 38.5 Å². The van der Waals surface area contributed by atoms with Crippen LogP contribution in [0.4, 0.5) is 0 Å². The van der Waals surface area contributed by atoms with Gasteiger partial charge in [0.05, 0.1) is 35.9 Å². The number of benzene rings is 6. The van der Waals surface area contributed by atoms with E-state index >= 15 is 0 Å². The summed E-state index contributed by atoms with van der Waals surface area (Å²) >= 11 is 0. The molecule has 0 aliphatic rings. The zero-order valence-corrected chi connectivity index (χ0v) is 82.3. The molecule has 0 saturated heterocycles. The van der Waals surface area contributed by atoms with E-state index in [0.29, 0.717) is 0 Å². The van der Waals surface area contributed by atoms with Gasteiger partial charge in [-0.3, -0.25) is 14.4 Å². The van der Waals surface area contributed by atoms with E-state index in [-0.39, 0.29) is 127 Å². The zero-order chi connectivity index (χ0) is 86.1. The first-order chi connectivity index (χ1) is 53.0. The average Bonchev–Trinajstić information content (AvgIpc) is 1.64. The quantitative estimate of drug-likeness (QED) is 0.0705. The number of furan rings is 3. The number of aliphatic hydroxyl groups is 3. The van der Waals surface area contributed by atoms with Crippen molar-refractivity contribution in [3.63, 3.8) is 0 Å². The molecule has 3 radical (unpaired) electrons. The number of carbonyl (C=O) groups is 3. The Hall–Kier alpha value is -9.03. The van der Waals surface area contributed by atoms with Gasteiger partial charge in [-0.1, -0.05) is 199 Å². The van der Waals surface area contributed by atoms with E-state index in [2.05, 4.69) is 318 Å². The minimum Gasteiger partial charge on any atom is -0.512 e. The number of aliphatic hydroxyl groups excluding tert-OH is 3. The van der Waals surface area contributed by atoms with Gasteiger partial charge in [0.25, 0.3) is 0 Å². The van der Waals surface area contributed by atoms with Gasteiger partial charge in [0.15, 0.2) is 34.1 Å². The first-order valence-electron chi connectivity index (χ1n) is 39.3. The normalized spacial score (nSPS) is 12.0. The Balaban J connectivity index is 0.000000328. The van der Waals surface area contributed by atoms with Crippen LogP contribution >= 0.6 is 0 Å². The van der Waals surface area contributed by atoms with Gasteiger partial charge in [-0.2, -0.15) is 0 Å². The molecule has 12 rings (SSSR count). The van der Waals surface area contributed by atoms with Crippen molar-refractivity contribution < 1.29 is 103 Å². The molecule has 0 aliphatic heterocycles. The maximum Gasteiger partial charge on any atom is 0.155 e. The van der Waals surface area contributed by atoms with Gasteiger partial charge in [0.2, 0.25) is 0 Å². The van der Waals surface area contributed by atoms with E-state index < -0.39 is 0 Å². The van der Waals surface area contributed by atoms with Crippen molar-refractivity contribution in [3.05, 3.63) is 266 Å². The number of aryl methyl sites for hydroxylation is 7. The number of pyridine rings is 3. The molecule has 118 heavy (non-hydrogen) atoms. The summed E-state index contributed by atoms with van der Waals surface area (Å²) in [5, 5.41) is 28.3. The molecule has 3 N–H and O–H groups in total. The molecule has 0 spiro atoms.